The molecule has 1 atom stereocenters. The standard InChI is InChI=1S/C13H20N4O3S/c1-8(21-2)6-15-12(20)17-13(4-3-5-13)11-14-7-9(16-11)10(18)19/h7-8H,3-6H2,1-2H3,(H,14,16)(H,18,19)(H2,15,17,20). The third-order valence-corrected chi connectivity index (χ3v) is 4.74. The number of carboxylic acids is 1. The molecule has 2 rings (SSSR count). The summed E-state index contributed by atoms with van der Waals surface area (Å²) < 4.78 is 0. The Balaban J connectivity index is 2.00. The summed E-state index contributed by atoms with van der Waals surface area (Å²) >= 11 is 1.68. The average Bonchev–Trinajstić information content (AvgIpc) is 2.90. The van der Waals surface area contributed by atoms with E-state index in [4.69, 9.17) is 5.11 Å². The van der Waals surface area contributed by atoms with Crippen LogP contribution in [0.1, 0.15) is 42.5 Å². The Morgan fingerprint density at radius 1 is 1.57 bits per heavy atom. The van der Waals surface area contributed by atoms with Gasteiger partial charge in [0.25, 0.3) is 0 Å². The molecule has 0 radical (unpaired) electrons. The van der Waals surface area contributed by atoms with Crippen molar-refractivity contribution in [1.29, 1.82) is 0 Å². The van der Waals surface area contributed by atoms with Crippen molar-refractivity contribution < 1.29 is 14.7 Å². The van der Waals surface area contributed by atoms with Crippen LogP contribution in [0, 0.1) is 0 Å². The lowest BCUT2D eigenvalue weighted by molar-refractivity contribution is 0.0690. The van der Waals surface area contributed by atoms with Crippen LogP contribution in [0.4, 0.5) is 4.79 Å². The van der Waals surface area contributed by atoms with Gasteiger partial charge in [0, 0.05) is 11.8 Å². The fourth-order valence-corrected chi connectivity index (χ4v) is 2.46. The molecule has 0 aromatic carbocycles. The van der Waals surface area contributed by atoms with Crippen LogP contribution < -0.4 is 10.6 Å². The molecule has 116 valence electrons. The Labute approximate surface area is 127 Å². The third-order valence-electron chi connectivity index (χ3n) is 3.77. The first-order valence-corrected chi connectivity index (χ1v) is 8.13. The highest BCUT2D eigenvalue weighted by atomic mass is 32.2. The molecule has 8 heteroatoms. The SMILES string of the molecule is CSC(C)CNC(=O)NC1(c2ncc(C(=O)O)[nH]2)CCC1. The minimum atomic E-state index is -1.05. The van der Waals surface area contributed by atoms with E-state index in [1.54, 1.807) is 11.8 Å². The van der Waals surface area contributed by atoms with E-state index in [1.807, 2.05) is 13.2 Å². The van der Waals surface area contributed by atoms with Crippen LogP contribution in [0.5, 0.6) is 0 Å². The zero-order valence-electron chi connectivity index (χ0n) is 12.1. The lowest BCUT2D eigenvalue weighted by atomic mass is 9.76. The van der Waals surface area contributed by atoms with Crippen molar-refractivity contribution in [3.8, 4) is 0 Å². The molecule has 1 aliphatic carbocycles. The van der Waals surface area contributed by atoms with E-state index < -0.39 is 11.5 Å². The fraction of sp³-hybridized carbons (Fsp3) is 0.615. The Morgan fingerprint density at radius 2 is 2.29 bits per heavy atom. The number of nitrogens with zero attached hydrogens (tertiary/aromatic N) is 1. The van der Waals surface area contributed by atoms with Crippen LogP contribution in [0.15, 0.2) is 6.20 Å². The summed E-state index contributed by atoms with van der Waals surface area (Å²) in [4.78, 5) is 29.8. The second-order valence-corrected chi connectivity index (χ2v) is 6.54. The summed E-state index contributed by atoms with van der Waals surface area (Å²) in [5.41, 5.74) is -0.533. The predicted molar refractivity (Wildman–Crippen MR) is 80.6 cm³/mol. The van der Waals surface area contributed by atoms with Gasteiger partial charge in [-0.1, -0.05) is 6.92 Å². The normalized spacial score (nSPS) is 17.6. The summed E-state index contributed by atoms with van der Waals surface area (Å²) in [7, 11) is 0. The molecule has 4 N–H and O–H groups in total. The Kier molecular flexibility index (Phi) is 4.76. The van der Waals surface area contributed by atoms with Crippen molar-refractivity contribution in [1.82, 2.24) is 20.6 Å². The predicted octanol–water partition coefficient (Wildman–Crippen LogP) is 1.54. The number of carboxylic acid groups (broad SMARTS) is 1. The van der Waals surface area contributed by atoms with Gasteiger partial charge in [0.2, 0.25) is 0 Å². The summed E-state index contributed by atoms with van der Waals surface area (Å²) in [5.74, 6) is -0.541. The van der Waals surface area contributed by atoms with Crippen LogP contribution >= 0.6 is 11.8 Å². The highest BCUT2D eigenvalue weighted by molar-refractivity contribution is 7.99. The molecule has 2 amide bonds. The van der Waals surface area contributed by atoms with Gasteiger partial charge in [0.1, 0.15) is 11.5 Å². The maximum absolute atomic E-state index is 12.0. The number of carbonyl (C=O) groups excluding carboxylic acids is 1. The highest BCUT2D eigenvalue weighted by Crippen LogP contribution is 2.39. The lowest BCUT2D eigenvalue weighted by Gasteiger charge is -2.40. The zero-order valence-corrected chi connectivity index (χ0v) is 12.9. The molecule has 7 nitrogen and oxygen atoms in total. The van der Waals surface area contributed by atoms with Crippen molar-refractivity contribution >= 4 is 23.8 Å². The number of hydrogen-bond acceptors (Lipinski definition) is 4. The molecule has 1 unspecified atom stereocenters. The molecular weight excluding hydrogens is 292 g/mol. The third kappa shape index (κ3) is 3.49. The molecule has 1 aromatic rings. The first-order valence-electron chi connectivity index (χ1n) is 6.84. The molecule has 0 saturated heterocycles. The first kappa shape index (κ1) is 15.7. The minimum absolute atomic E-state index is 0.0366. The molecular formula is C13H20N4O3S. The first-order chi connectivity index (χ1) is 9.97. The zero-order chi connectivity index (χ0) is 15.5. The number of urea groups is 1. The second kappa shape index (κ2) is 6.38. The number of hydrogen-bond donors (Lipinski definition) is 4. The van der Waals surface area contributed by atoms with Crippen molar-refractivity contribution in [2.24, 2.45) is 0 Å². The fourth-order valence-electron chi connectivity index (χ4n) is 2.21. The van der Waals surface area contributed by atoms with Gasteiger partial charge in [0.05, 0.1) is 11.7 Å². The van der Waals surface area contributed by atoms with Crippen molar-refractivity contribution in [3.05, 3.63) is 17.7 Å². The second-order valence-electron chi connectivity index (χ2n) is 5.27. The monoisotopic (exact) mass is 312 g/mol. The number of aromatic amines is 1. The molecule has 1 aliphatic rings. The van der Waals surface area contributed by atoms with Gasteiger partial charge in [-0.2, -0.15) is 11.8 Å². The molecule has 21 heavy (non-hydrogen) atoms. The topological polar surface area (TPSA) is 107 Å². The largest absolute Gasteiger partial charge is 0.477 e. The maximum Gasteiger partial charge on any atom is 0.353 e. The number of rotatable bonds is 6. The van der Waals surface area contributed by atoms with Crippen LogP contribution in [0.2, 0.25) is 0 Å². The summed E-state index contributed by atoms with van der Waals surface area (Å²) in [6, 6.07) is -0.246. The molecule has 0 spiro atoms. The average molecular weight is 312 g/mol. The van der Waals surface area contributed by atoms with E-state index in [1.165, 1.54) is 6.20 Å². The van der Waals surface area contributed by atoms with Crippen molar-refractivity contribution in [2.45, 2.75) is 37.0 Å². The van der Waals surface area contributed by atoms with Crippen molar-refractivity contribution in [3.63, 3.8) is 0 Å². The maximum atomic E-state index is 12.0. The molecule has 1 aromatic heterocycles. The number of imidazole rings is 1. The van der Waals surface area contributed by atoms with Gasteiger partial charge in [-0.15, -0.1) is 0 Å². The van der Waals surface area contributed by atoms with Crippen LogP contribution in [-0.4, -0.2) is 45.1 Å². The molecule has 0 bridgehead atoms. The summed E-state index contributed by atoms with van der Waals surface area (Å²) in [6.45, 7) is 2.62. The molecule has 1 fully saturated rings. The van der Waals surface area contributed by atoms with Crippen LogP contribution in [0.25, 0.3) is 0 Å². The van der Waals surface area contributed by atoms with E-state index in [0.717, 1.165) is 19.3 Å². The molecule has 0 aliphatic heterocycles. The summed E-state index contributed by atoms with van der Waals surface area (Å²) in [6.07, 6.45) is 5.77. The quantitative estimate of drug-likeness (QED) is 0.637. The number of H-pyrrole nitrogens is 1. The van der Waals surface area contributed by atoms with E-state index in [-0.39, 0.29) is 11.7 Å². The van der Waals surface area contributed by atoms with Gasteiger partial charge in [-0.05, 0) is 25.5 Å². The van der Waals surface area contributed by atoms with Gasteiger partial charge in [-0.25, -0.2) is 14.6 Å². The van der Waals surface area contributed by atoms with E-state index in [2.05, 4.69) is 20.6 Å². The van der Waals surface area contributed by atoms with Crippen LogP contribution in [-0.2, 0) is 5.54 Å². The van der Waals surface area contributed by atoms with Gasteiger partial charge < -0.3 is 20.7 Å². The van der Waals surface area contributed by atoms with E-state index >= 15 is 0 Å². The number of thioether (sulfide) groups is 1. The lowest BCUT2D eigenvalue weighted by Crippen LogP contribution is -2.55. The van der Waals surface area contributed by atoms with Gasteiger partial charge >= 0.3 is 12.0 Å². The van der Waals surface area contributed by atoms with E-state index in [0.29, 0.717) is 17.6 Å². The number of amides is 2. The number of nitrogens with one attached hydrogen (secondary N) is 3. The van der Waals surface area contributed by atoms with Crippen molar-refractivity contribution in [2.75, 3.05) is 12.8 Å². The molecule has 1 heterocycles. The van der Waals surface area contributed by atoms with Gasteiger partial charge in [0.15, 0.2) is 0 Å². The molecule has 1 saturated carbocycles. The van der Waals surface area contributed by atoms with Crippen LogP contribution in [0.3, 0.4) is 0 Å². The summed E-state index contributed by atoms with van der Waals surface area (Å²) in [5, 5.41) is 15.0. The van der Waals surface area contributed by atoms with E-state index in [9.17, 15) is 9.59 Å². The Hall–Kier alpha value is -1.70. The smallest absolute Gasteiger partial charge is 0.353 e. The number of carbonyl (C=O) groups is 2. The minimum Gasteiger partial charge on any atom is -0.477 e. The number of aromatic carboxylic acids is 1. The number of aromatic nitrogens is 2. The Morgan fingerprint density at radius 3 is 2.76 bits per heavy atom. The Bertz CT molecular complexity index is 527. The highest BCUT2D eigenvalue weighted by Gasteiger charge is 2.43. The van der Waals surface area contributed by atoms with Gasteiger partial charge in [-0.3, -0.25) is 0 Å².